The molecule has 3 unspecified atom stereocenters. The van der Waals surface area contributed by atoms with Crippen LogP contribution in [0.5, 0.6) is 0 Å². The number of halogens is 2. The van der Waals surface area contributed by atoms with Crippen LogP contribution in [0.1, 0.15) is 38.7 Å². The second-order valence-corrected chi connectivity index (χ2v) is 6.09. The number of hydrogen-bond acceptors (Lipinski definition) is 1. The van der Waals surface area contributed by atoms with Gasteiger partial charge in [0.1, 0.15) is 0 Å². The summed E-state index contributed by atoms with van der Waals surface area (Å²) in [5.74, 6) is 1.63. The van der Waals surface area contributed by atoms with E-state index in [1.165, 1.54) is 19.3 Å². The summed E-state index contributed by atoms with van der Waals surface area (Å²) in [5, 5.41) is 4.96. The van der Waals surface area contributed by atoms with Crippen LogP contribution in [0.25, 0.3) is 0 Å². The van der Waals surface area contributed by atoms with E-state index >= 15 is 0 Å². The zero-order valence-electron chi connectivity index (χ0n) is 11.0. The Kier molecular flexibility index (Phi) is 4.94. The zero-order valence-corrected chi connectivity index (χ0v) is 12.6. The van der Waals surface area contributed by atoms with Gasteiger partial charge in [-0.1, -0.05) is 55.6 Å². The molecule has 1 saturated carbocycles. The van der Waals surface area contributed by atoms with E-state index in [1.807, 2.05) is 18.2 Å². The van der Waals surface area contributed by atoms with Gasteiger partial charge in [0.05, 0.1) is 10.0 Å². The smallest absolute Gasteiger partial charge is 0.0637 e. The fourth-order valence-electron chi connectivity index (χ4n) is 3.04. The van der Waals surface area contributed by atoms with E-state index in [0.717, 1.165) is 23.9 Å². The Morgan fingerprint density at radius 2 is 2.06 bits per heavy atom. The minimum absolute atomic E-state index is 0.616. The number of benzene rings is 1. The van der Waals surface area contributed by atoms with E-state index in [9.17, 15) is 0 Å². The summed E-state index contributed by atoms with van der Waals surface area (Å²) in [6.07, 6.45) is 3.91. The standard InChI is InChI=1S/C15H21Cl2N/c1-3-11-7-8-14(10(11)2)18-9-12-5-4-6-13(16)15(12)17/h4-6,10-11,14,18H,3,7-9H2,1-2H3. The lowest BCUT2D eigenvalue weighted by molar-refractivity contribution is 0.344. The Morgan fingerprint density at radius 3 is 2.72 bits per heavy atom. The minimum atomic E-state index is 0.616. The van der Waals surface area contributed by atoms with Crippen LogP contribution in [-0.4, -0.2) is 6.04 Å². The van der Waals surface area contributed by atoms with E-state index in [2.05, 4.69) is 19.2 Å². The first-order chi connectivity index (χ1) is 8.63. The second-order valence-electron chi connectivity index (χ2n) is 5.31. The zero-order chi connectivity index (χ0) is 13.1. The first-order valence-corrected chi connectivity index (χ1v) is 7.55. The Morgan fingerprint density at radius 1 is 1.28 bits per heavy atom. The van der Waals surface area contributed by atoms with Crippen molar-refractivity contribution in [2.45, 2.75) is 45.7 Å². The molecule has 1 aliphatic rings. The SMILES string of the molecule is CCC1CCC(NCc2cccc(Cl)c2Cl)C1C. The van der Waals surface area contributed by atoms with E-state index in [0.29, 0.717) is 16.1 Å². The highest BCUT2D eigenvalue weighted by Gasteiger charge is 2.30. The van der Waals surface area contributed by atoms with Crippen LogP contribution in [0.4, 0.5) is 0 Å². The van der Waals surface area contributed by atoms with Gasteiger partial charge in [-0.05, 0) is 36.3 Å². The molecule has 2 rings (SSSR count). The minimum Gasteiger partial charge on any atom is -0.310 e. The van der Waals surface area contributed by atoms with E-state index in [4.69, 9.17) is 23.2 Å². The molecule has 1 aliphatic carbocycles. The quantitative estimate of drug-likeness (QED) is 0.829. The highest BCUT2D eigenvalue weighted by molar-refractivity contribution is 6.42. The van der Waals surface area contributed by atoms with Crippen LogP contribution < -0.4 is 5.32 Å². The third-order valence-electron chi connectivity index (χ3n) is 4.34. The summed E-state index contributed by atoms with van der Waals surface area (Å²) >= 11 is 12.2. The number of hydrogen-bond donors (Lipinski definition) is 1. The van der Waals surface area contributed by atoms with E-state index < -0.39 is 0 Å². The van der Waals surface area contributed by atoms with Crippen LogP contribution in [0.3, 0.4) is 0 Å². The fourth-order valence-corrected chi connectivity index (χ4v) is 3.42. The van der Waals surface area contributed by atoms with Gasteiger partial charge in [-0.15, -0.1) is 0 Å². The van der Waals surface area contributed by atoms with Crippen LogP contribution >= 0.6 is 23.2 Å². The van der Waals surface area contributed by atoms with Crippen LogP contribution in [0.15, 0.2) is 18.2 Å². The molecule has 1 aromatic carbocycles. The molecule has 18 heavy (non-hydrogen) atoms. The molecule has 0 amide bonds. The van der Waals surface area contributed by atoms with Crippen molar-refractivity contribution in [2.24, 2.45) is 11.8 Å². The molecule has 1 fully saturated rings. The van der Waals surface area contributed by atoms with Gasteiger partial charge in [-0.25, -0.2) is 0 Å². The summed E-state index contributed by atoms with van der Waals surface area (Å²) < 4.78 is 0. The van der Waals surface area contributed by atoms with Crippen molar-refractivity contribution in [2.75, 3.05) is 0 Å². The van der Waals surface area contributed by atoms with Crippen molar-refractivity contribution in [3.8, 4) is 0 Å². The summed E-state index contributed by atoms with van der Waals surface area (Å²) in [5.41, 5.74) is 1.09. The fraction of sp³-hybridized carbons (Fsp3) is 0.600. The molecule has 0 aromatic heterocycles. The maximum absolute atomic E-state index is 6.20. The topological polar surface area (TPSA) is 12.0 Å². The van der Waals surface area contributed by atoms with Crippen molar-refractivity contribution in [1.82, 2.24) is 5.32 Å². The molecule has 0 saturated heterocycles. The highest BCUT2D eigenvalue weighted by atomic mass is 35.5. The molecule has 100 valence electrons. The number of nitrogens with one attached hydrogen (secondary N) is 1. The van der Waals surface area contributed by atoms with Gasteiger partial charge >= 0.3 is 0 Å². The van der Waals surface area contributed by atoms with Gasteiger partial charge in [0.2, 0.25) is 0 Å². The maximum atomic E-state index is 6.20. The van der Waals surface area contributed by atoms with Crippen LogP contribution in [0.2, 0.25) is 10.0 Å². The van der Waals surface area contributed by atoms with Gasteiger partial charge in [-0.3, -0.25) is 0 Å². The molecule has 0 radical (unpaired) electrons. The summed E-state index contributed by atoms with van der Waals surface area (Å²) in [4.78, 5) is 0. The number of rotatable bonds is 4. The monoisotopic (exact) mass is 285 g/mol. The molecule has 3 heteroatoms. The lowest BCUT2D eigenvalue weighted by Gasteiger charge is -2.21. The lowest BCUT2D eigenvalue weighted by Crippen LogP contribution is -2.32. The van der Waals surface area contributed by atoms with Gasteiger partial charge in [-0.2, -0.15) is 0 Å². The third-order valence-corrected chi connectivity index (χ3v) is 5.20. The Bertz CT molecular complexity index is 405. The van der Waals surface area contributed by atoms with Crippen molar-refractivity contribution >= 4 is 23.2 Å². The largest absolute Gasteiger partial charge is 0.310 e. The second kappa shape index (κ2) is 6.27. The molecule has 0 spiro atoms. The Balaban J connectivity index is 1.94. The average molecular weight is 286 g/mol. The normalized spacial score (nSPS) is 27.7. The molecule has 1 nitrogen and oxygen atoms in total. The van der Waals surface area contributed by atoms with Crippen molar-refractivity contribution in [3.05, 3.63) is 33.8 Å². The summed E-state index contributed by atoms with van der Waals surface area (Å²) in [7, 11) is 0. The van der Waals surface area contributed by atoms with Crippen molar-refractivity contribution in [1.29, 1.82) is 0 Å². The van der Waals surface area contributed by atoms with Gasteiger partial charge < -0.3 is 5.32 Å². The van der Waals surface area contributed by atoms with Gasteiger partial charge in [0.15, 0.2) is 0 Å². The molecule has 1 aromatic rings. The molecule has 0 aliphatic heterocycles. The predicted molar refractivity (Wildman–Crippen MR) is 79.3 cm³/mol. The van der Waals surface area contributed by atoms with Crippen molar-refractivity contribution < 1.29 is 0 Å². The highest BCUT2D eigenvalue weighted by Crippen LogP contribution is 2.34. The molecule has 0 heterocycles. The van der Waals surface area contributed by atoms with Gasteiger partial charge in [0, 0.05) is 12.6 Å². The molecule has 0 bridgehead atoms. The Labute approximate surface area is 120 Å². The van der Waals surface area contributed by atoms with Crippen molar-refractivity contribution in [3.63, 3.8) is 0 Å². The predicted octanol–water partition coefficient (Wildman–Crippen LogP) is 4.91. The summed E-state index contributed by atoms with van der Waals surface area (Å²) in [6.45, 7) is 5.46. The Hall–Kier alpha value is -0.240. The van der Waals surface area contributed by atoms with E-state index in [-0.39, 0.29) is 0 Å². The molecule has 1 N–H and O–H groups in total. The van der Waals surface area contributed by atoms with Gasteiger partial charge in [0.25, 0.3) is 0 Å². The first kappa shape index (κ1) is 14.2. The summed E-state index contributed by atoms with van der Waals surface area (Å²) in [6, 6.07) is 6.44. The third kappa shape index (κ3) is 3.01. The molecular formula is C15H21Cl2N. The molecule has 3 atom stereocenters. The lowest BCUT2D eigenvalue weighted by atomic mass is 9.93. The molecular weight excluding hydrogens is 265 g/mol. The maximum Gasteiger partial charge on any atom is 0.0637 e. The van der Waals surface area contributed by atoms with E-state index in [1.54, 1.807) is 0 Å². The van der Waals surface area contributed by atoms with Crippen LogP contribution in [-0.2, 0) is 6.54 Å². The van der Waals surface area contributed by atoms with Crippen LogP contribution in [0, 0.1) is 11.8 Å². The average Bonchev–Trinajstić information content (AvgIpc) is 2.72. The first-order valence-electron chi connectivity index (χ1n) is 6.79.